The molecule has 0 radical (unpaired) electrons. The van der Waals surface area contributed by atoms with E-state index >= 15 is 0 Å². The highest BCUT2D eigenvalue weighted by Crippen LogP contribution is 2.26. The van der Waals surface area contributed by atoms with Crippen LogP contribution in [-0.4, -0.2) is 20.7 Å². The summed E-state index contributed by atoms with van der Waals surface area (Å²) in [6.45, 7) is 4.36. The number of thiazole rings is 1. The van der Waals surface area contributed by atoms with Crippen molar-refractivity contribution < 1.29 is 4.79 Å². The largest absolute Gasteiger partial charge is 0.346 e. The molecular formula is C22H20N4OS. The van der Waals surface area contributed by atoms with E-state index in [2.05, 4.69) is 34.5 Å². The summed E-state index contributed by atoms with van der Waals surface area (Å²) in [5.41, 5.74) is 5.48. The second-order valence-electron chi connectivity index (χ2n) is 6.53. The molecule has 0 saturated heterocycles. The van der Waals surface area contributed by atoms with Crippen molar-refractivity contribution in [3.63, 3.8) is 0 Å². The number of para-hydroxylation sites is 1. The molecule has 0 bridgehead atoms. The Morgan fingerprint density at radius 1 is 1.07 bits per heavy atom. The minimum absolute atomic E-state index is 0.148. The minimum Gasteiger partial charge on any atom is -0.346 e. The Kier molecular flexibility index (Phi) is 5.04. The van der Waals surface area contributed by atoms with Crippen molar-refractivity contribution >= 4 is 17.2 Å². The minimum atomic E-state index is -0.148. The Labute approximate surface area is 167 Å². The average molecular weight is 388 g/mol. The van der Waals surface area contributed by atoms with Crippen LogP contribution in [0.1, 0.15) is 27.3 Å². The lowest BCUT2D eigenvalue weighted by atomic mass is 10.1. The first kappa shape index (κ1) is 18.1. The molecule has 2 heterocycles. The van der Waals surface area contributed by atoms with Gasteiger partial charge in [-0.1, -0.05) is 42.5 Å². The number of nitrogens with zero attached hydrogens (tertiary/aromatic N) is 3. The third-order valence-corrected chi connectivity index (χ3v) is 5.54. The molecule has 0 aliphatic rings. The van der Waals surface area contributed by atoms with Crippen LogP contribution >= 0.6 is 11.3 Å². The molecule has 1 amide bonds. The van der Waals surface area contributed by atoms with Crippen molar-refractivity contribution in [3.05, 3.63) is 88.7 Å². The zero-order valence-corrected chi connectivity index (χ0v) is 16.5. The number of aryl methyl sites for hydroxylation is 1. The molecule has 0 fully saturated rings. The lowest BCUT2D eigenvalue weighted by Gasteiger charge is -2.06. The fourth-order valence-corrected chi connectivity index (χ4v) is 3.96. The van der Waals surface area contributed by atoms with Crippen LogP contribution in [0.2, 0.25) is 0 Å². The number of carbonyl (C=O) groups is 1. The first-order valence-corrected chi connectivity index (χ1v) is 9.90. The second kappa shape index (κ2) is 7.78. The normalized spacial score (nSPS) is 10.8. The summed E-state index contributed by atoms with van der Waals surface area (Å²) in [7, 11) is 0. The molecule has 4 aromatic rings. The smallest absolute Gasteiger partial charge is 0.255 e. The Hall–Kier alpha value is -3.25. The van der Waals surface area contributed by atoms with Gasteiger partial charge in [-0.2, -0.15) is 5.10 Å². The van der Waals surface area contributed by atoms with E-state index < -0.39 is 0 Å². The average Bonchev–Trinajstić information content (AvgIpc) is 3.34. The zero-order valence-electron chi connectivity index (χ0n) is 15.7. The highest BCUT2D eigenvalue weighted by molar-refractivity contribution is 7.13. The van der Waals surface area contributed by atoms with Crippen molar-refractivity contribution in [3.8, 4) is 16.3 Å². The van der Waals surface area contributed by atoms with Gasteiger partial charge in [0.25, 0.3) is 5.91 Å². The molecule has 2 aromatic carbocycles. The Morgan fingerprint density at radius 3 is 2.61 bits per heavy atom. The summed E-state index contributed by atoms with van der Waals surface area (Å²) < 4.78 is 1.77. The van der Waals surface area contributed by atoms with Gasteiger partial charge >= 0.3 is 0 Å². The molecule has 0 aliphatic carbocycles. The maximum absolute atomic E-state index is 12.6. The first-order chi connectivity index (χ1) is 13.6. The maximum atomic E-state index is 12.6. The quantitative estimate of drug-likeness (QED) is 0.546. The summed E-state index contributed by atoms with van der Waals surface area (Å²) in [5.74, 6) is -0.148. The number of rotatable bonds is 5. The molecule has 0 aliphatic heterocycles. The molecule has 4 rings (SSSR count). The molecule has 0 atom stereocenters. The van der Waals surface area contributed by atoms with Crippen molar-refractivity contribution in [2.24, 2.45) is 0 Å². The van der Waals surface area contributed by atoms with Crippen LogP contribution in [-0.2, 0) is 6.54 Å². The van der Waals surface area contributed by atoms with E-state index in [9.17, 15) is 4.79 Å². The van der Waals surface area contributed by atoms with E-state index in [-0.39, 0.29) is 5.91 Å². The van der Waals surface area contributed by atoms with Gasteiger partial charge in [0, 0.05) is 10.9 Å². The van der Waals surface area contributed by atoms with Gasteiger partial charge in [-0.3, -0.25) is 4.79 Å². The number of nitrogens with one attached hydrogen (secondary N) is 1. The van der Waals surface area contributed by atoms with Gasteiger partial charge in [-0.05, 0) is 31.5 Å². The van der Waals surface area contributed by atoms with Crippen molar-refractivity contribution in [2.45, 2.75) is 20.4 Å². The van der Waals surface area contributed by atoms with Crippen LogP contribution in [0.4, 0.5) is 0 Å². The predicted octanol–water partition coefficient (Wildman–Crippen LogP) is 4.54. The van der Waals surface area contributed by atoms with Gasteiger partial charge < -0.3 is 5.32 Å². The fraction of sp³-hybridized carbons (Fsp3) is 0.136. The predicted molar refractivity (Wildman–Crippen MR) is 112 cm³/mol. The lowest BCUT2D eigenvalue weighted by Crippen LogP contribution is -2.23. The van der Waals surface area contributed by atoms with E-state index in [1.807, 2.05) is 54.8 Å². The Bertz CT molecular complexity index is 1110. The van der Waals surface area contributed by atoms with Gasteiger partial charge in [0.05, 0.1) is 35.4 Å². The summed E-state index contributed by atoms with van der Waals surface area (Å²) in [4.78, 5) is 17.3. The van der Waals surface area contributed by atoms with Crippen LogP contribution in [0, 0.1) is 13.8 Å². The van der Waals surface area contributed by atoms with Gasteiger partial charge in [-0.15, -0.1) is 11.3 Å². The fourth-order valence-electron chi connectivity index (χ4n) is 3.05. The summed E-state index contributed by atoms with van der Waals surface area (Å²) in [6.07, 6.45) is 1.61. The molecule has 0 spiro atoms. The molecule has 2 aromatic heterocycles. The number of hydrogen-bond donors (Lipinski definition) is 1. The van der Waals surface area contributed by atoms with E-state index in [0.29, 0.717) is 12.1 Å². The van der Waals surface area contributed by atoms with E-state index in [1.54, 1.807) is 22.2 Å². The number of amides is 1. The maximum Gasteiger partial charge on any atom is 0.255 e. The second-order valence-corrected chi connectivity index (χ2v) is 7.39. The van der Waals surface area contributed by atoms with Crippen LogP contribution in [0.15, 0.2) is 66.2 Å². The van der Waals surface area contributed by atoms with Crippen LogP contribution < -0.4 is 5.32 Å². The molecule has 1 N–H and O–H groups in total. The summed E-state index contributed by atoms with van der Waals surface area (Å²) >= 11 is 1.59. The Balaban J connectivity index is 1.46. The highest BCUT2D eigenvalue weighted by Gasteiger charge is 2.15. The number of aromatic nitrogens is 3. The monoisotopic (exact) mass is 388 g/mol. The number of carbonyl (C=O) groups excluding carboxylic acids is 1. The lowest BCUT2D eigenvalue weighted by molar-refractivity contribution is 0.0950. The highest BCUT2D eigenvalue weighted by atomic mass is 32.1. The van der Waals surface area contributed by atoms with Gasteiger partial charge in [0.15, 0.2) is 0 Å². The van der Waals surface area contributed by atoms with E-state index in [1.165, 1.54) is 5.56 Å². The molecule has 6 heteroatoms. The van der Waals surface area contributed by atoms with Crippen molar-refractivity contribution in [1.29, 1.82) is 0 Å². The van der Waals surface area contributed by atoms with Crippen molar-refractivity contribution in [1.82, 2.24) is 20.1 Å². The SMILES string of the molecule is Cc1ccccc1-c1nc(CNC(=O)c2cnn(-c3ccccc3)c2C)cs1. The van der Waals surface area contributed by atoms with Crippen LogP contribution in [0.5, 0.6) is 0 Å². The molecule has 0 unspecified atom stereocenters. The number of benzene rings is 2. The summed E-state index contributed by atoms with van der Waals surface area (Å²) in [6, 6.07) is 17.9. The standard InChI is InChI=1S/C22H20N4OS/c1-15-8-6-7-11-19(15)22-25-17(14-28-22)12-23-21(27)20-13-24-26(16(20)2)18-9-4-3-5-10-18/h3-11,13-14H,12H2,1-2H3,(H,23,27). The molecule has 5 nitrogen and oxygen atoms in total. The first-order valence-electron chi connectivity index (χ1n) is 9.02. The van der Waals surface area contributed by atoms with Gasteiger partial charge in [-0.25, -0.2) is 9.67 Å². The summed E-state index contributed by atoms with van der Waals surface area (Å²) in [5, 5.41) is 10.3. The third-order valence-electron chi connectivity index (χ3n) is 4.61. The van der Waals surface area contributed by atoms with E-state index in [0.717, 1.165) is 27.6 Å². The van der Waals surface area contributed by atoms with Crippen molar-refractivity contribution in [2.75, 3.05) is 0 Å². The van der Waals surface area contributed by atoms with Gasteiger partial charge in [0.1, 0.15) is 5.01 Å². The third kappa shape index (κ3) is 3.59. The Morgan fingerprint density at radius 2 is 1.82 bits per heavy atom. The molecular weight excluding hydrogens is 368 g/mol. The molecule has 28 heavy (non-hydrogen) atoms. The molecule has 0 saturated carbocycles. The zero-order chi connectivity index (χ0) is 19.5. The number of hydrogen-bond acceptors (Lipinski definition) is 4. The molecule has 140 valence electrons. The topological polar surface area (TPSA) is 59.8 Å². The van der Waals surface area contributed by atoms with E-state index in [4.69, 9.17) is 0 Å². The van der Waals surface area contributed by atoms with Crippen LogP contribution in [0.25, 0.3) is 16.3 Å². The van der Waals surface area contributed by atoms with Crippen LogP contribution in [0.3, 0.4) is 0 Å². The van der Waals surface area contributed by atoms with Gasteiger partial charge in [0.2, 0.25) is 0 Å².